The standard InChI is InChI=1S/C16H23NO2/c1-12-4-5-15-13(8-12)9-14(19-15)10-18-16(11-17)6-2-3-7-16/h4-5,8,14H,2-3,6-7,9-11,17H2,1H3. The van der Waals surface area contributed by atoms with Gasteiger partial charge in [0.05, 0.1) is 12.2 Å². The Bertz CT molecular complexity index is 452. The van der Waals surface area contributed by atoms with Gasteiger partial charge in [0.15, 0.2) is 0 Å². The van der Waals surface area contributed by atoms with E-state index in [1.54, 1.807) is 0 Å². The summed E-state index contributed by atoms with van der Waals surface area (Å²) in [6, 6.07) is 6.38. The first-order valence-corrected chi connectivity index (χ1v) is 7.31. The van der Waals surface area contributed by atoms with E-state index < -0.39 is 0 Å². The lowest BCUT2D eigenvalue weighted by atomic mass is 10.0. The van der Waals surface area contributed by atoms with Crippen molar-refractivity contribution < 1.29 is 9.47 Å². The number of fused-ring (bicyclic) bond motifs is 1. The van der Waals surface area contributed by atoms with Gasteiger partial charge in [-0.2, -0.15) is 0 Å². The highest BCUT2D eigenvalue weighted by Crippen LogP contribution is 2.34. The minimum Gasteiger partial charge on any atom is -0.487 e. The molecule has 2 aliphatic rings. The molecule has 3 heteroatoms. The molecule has 2 N–H and O–H groups in total. The summed E-state index contributed by atoms with van der Waals surface area (Å²) < 4.78 is 12.1. The number of aryl methyl sites for hydroxylation is 1. The normalized spacial score (nSPS) is 24.2. The SMILES string of the molecule is Cc1ccc2c(c1)CC(COC1(CN)CCCC1)O2. The molecule has 3 nitrogen and oxygen atoms in total. The second kappa shape index (κ2) is 5.14. The number of ether oxygens (including phenoxy) is 2. The number of nitrogens with two attached hydrogens (primary N) is 1. The van der Waals surface area contributed by atoms with Gasteiger partial charge in [0.2, 0.25) is 0 Å². The zero-order valence-corrected chi connectivity index (χ0v) is 11.7. The summed E-state index contributed by atoms with van der Waals surface area (Å²) in [5, 5.41) is 0. The van der Waals surface area contributed by atoms with Crippen molar-refractivity contribution in [2.75, 3.05) is 13.2 Å². The van der Waals surface area contributed by atoms with Crippen LogP contribution >= 0.6 is 0 Å². The van der Waals surface area contributed by atoms with Crippen molar-refractivity contribution >= 4 is 0 Å². The topological polar surface area (TPSA) is 44.5 Å². The van der Waals surface area contributed by atoms with Crippen LogP contribution in [-0.4, -0.2) is 24.9 Å². The second-order valence-corrected chi connectivity index (χ2v) is 5.96. The van der Waals surface area contributed by atoms with E-state index in [2.05, 4.69) is 25.1 Å². The largest absolute Gasteiger partial charge is 0.487 e. The predicted molar refractivity (Wildman–Crippen MR) is 75.5 cm³/mol. The molecule has 1 fully saturated rings. The van der Waals surface area contributed by atoms with Gasteiger partial charge in [0.1, 0.15) is 11.9 Å². The Morgan fingerprint density at radius 2 is 2.16 bits per heavy atom. The maximum absolute atomic E-state index is 6.14. The maximum Gasteiger partial charge on any atom is 0.126 e. The minimum atomic E-state index is -0.0753. The molecule has 0 amide bonds. The molecule has 1 aliphatic carbocycles. The molecule has 1 aromatic rings. The second-order valence-electron chi connectivity index (χ2n) is 5.96. The Morgan fingerprint density at radius 1 is 1.37 bits per heavy atom. The van der Waals surface area contributed by atoms with Gasteiger partial charge in [0.25, 0.3) is 0 Å². The Morgan fingerprint density at radius 3 is 2.89 bits per heavy atom. The first-order chi connectivity index (χ1) is 9.21. The molecular weight excluding hydrogens is 238 g/mol. The van der Waals surface area contributed by atoms with Gasteiger partial charge in [-0.05, 0) is 31.4 Å². The maximum atomic E-state index is 6.14. The summed E-state index contributed by atoms with van der Waals surface area (Å²) in [5.74, 6) is 1.02. The molecule has 1 atom stereocenters. The van der Waals surface area contributed by atoms with Crippen LogP contribution < -0.4 is 10.5 Å². The Labute approximate surface area is 115 Å². The van der Waals surface area contributed by atoms with E-state index in [-0.39, 0.29) is 11.7 Å². The highest BCUT2D eigenvalue weighted by molar-refractivity contribution is 5.40. The summed E-state index contributed by atoms with van der Waals surface area (Å²) in [7, 11) is 0. The zero-order valence-electron chi connectivity index (χ0n) is 11.7. The third-order valence-corrected chi connectivity index (χ3v) is 4.42. The number of rotatable bonds is 4. The molecule has 3 rings (SSSR count). The molecular formula is C16H23NO2. The molecule has 0 aromatic heterocycles. The van der Waals surface area contributed by atoms with Crippen molar-refractivity contribution in [2.45, 2.75) is 50.7 Å². The summed E-state index contributed by atoms with van der Waals surface area (Å²) in [6.07, 6.45) is 5.78. The van der Waals surface area contributed by atoms with Gasteiger partial charge in [0, 0.05) is 13.0 Å². The van der Waals surface area contributed by atoms with Crippen LogP contribution in [0, 0.1) is 6.92 Å². The fraction of sp³-hybridized carbons (Fsp3) is 0.625. The van der Waals surface area contributed by atoms with Crippen LogP contribution in [0.4, 0.5) is 0 Å². The van der Waals surface area contributed by atoms with Gasteiger partial charge in [-0.3, -0.25) is 0 Å². The minimum absolute atomic E-state index is 0.0753. The number of hydrogen-bond acceptors (Lipinski definition) is 3. The van der Waals surface area contributed by atoms with E-state index in [0.717, 1.165) is 25.0 Å². The smallest absolute Gasteiger partial charge is 0.126 e. The van der Waals surface area contributed by atoms with Gasteiger partial charge in [-0.15, -0.1) is 0 Å². The van der Waals surface area contributed by atoms with Gasteiger partial charge in [-0.1, -0.05) is 30.5 Å². The lowest BCUT2D eigenvalue weighted by Crippen LogP contribution is -2.40. The molecule has 0 spiro atoms. The monoisotopic (exact) mass is 261 g/mol. The molecule has 0 bridgehead atoms. The highest BCUT2D eigenvalue weighted by atomic mass is 16.5. The van der Waals surface area contributed by atoms with Crippen LogP contribution in [0.25, 0.3) is 0 Å². The van der Waals surface area contributed by atoms with Gasteiger partial charge < -0.3 is 15.2 Å². The van der Waals surface area contributed by atoms with Crippen molar-refractivity contribution in [1.29, 1.82) is 0 Å². The Hall–Kier alpha value is -1.06. The number of benzene rings is 1. The lowest BCUT2D eigenvalue weighted by molar-refractivity contribution is -0.0613. The van der Waals surface area contributed by atoms with Gasteiger partial charge >= 0.3 is 0 Å². The molecule has 0 saturated heterocycles. The van der Waals surface area contributed by atoms with E-state index in [1.165, 1.54) is 24.0 Å². The van der Waals surface area contributed by atoms with Crippen LogP contribution in [0.1, 0.15) is 36.8 Å². The molecule has 1 aliphatic heterocycles. The molecule has 1 heterocycles. The molecule has 1 saturated carbocycles. The molecule has 0 radical (unpaired) electrons. The molecule has 1 unspecified atom stereocenters. The van der Waals surface area contributed by atoms with Crippen molar-refractivity contribution in [3.8, 4) is 5.75 Å². The van der Waals surface area contributed by atoms with Crippen LogP contribution in [0.15, 0.2) is 18.2 Å². The number of hydrogen-bond donors (Lipinski definition) is 1. The van der Waals surface area contributed by atoms with E-state index >= 15 is 0 Å². The predicted octanol–water partition coefficient (Wildman–Crippen LogP) is 2.59. The molecule has 1 aromatic carbocycles. The average Bonchev–Trinajstić information content (AvgIpc) is 3.02. The summed E-state index contributed by atoms with van der Waals surface area (Å²) in [6.45, 7) is 3.41. The Balaban J connectivity index is 1.58. The molecule has 104 valence electrons. The Kier molecular flexibility index (Phi) is 3.50. The van der Waals surface area contributed by atoms with Crippen LogP contribution in [-0.2, 0) is 11.2 Å². The lowest BCUT2D eigenvalue weighted by Gasteiger charge is -2.29. The third kappa shape index (κ3) is 2.63. The summed E-state index contributed by atoms with van der Waals surface area (Å²) in [4.78, 5) is 0. The van der Waals surface area contributed by atoms with E-state index in [0.29, 0.717) is 13.2 Å². The fourth-order valence-corrected chi connectivity index (χ4v) is 3.24. The third-order valence-electron chi connectivity index (χ3n) is 4.42. The summed E-state index contributed by atoms with van der Waals surface area (Å²) in [5.41, 5.74) is 8.41. The van der Waals surface area contributed by atoms with E-state index in [9.17, 15) is 0 Å². The van der Waals surface area contributed by atoms with Crippen LogP contribution in [0.2, 0.25) is 0 Å². The van der Waals surface area contributed by atoms with Crippen LogP contribution in [0.5, 0.6) is 5.75 Å². The van der Waals surface area contributed by atoms with E-state index in [4.69, 9.17) is 15.2 Å². The van der Waals surface area contributed by atoms with Gasteiger partial charge in [-0.25, -0.2) is 0 Å². The first-order valence-electron chi connectivity index (χ1n) is 7.31. The fourth-order valence-electron chi connectivity index (χ4n) is 3.24. The van der Waals surface area contributed by atoms with E-state index in [1.807, 2.05) is 0 Å². The average molecular weight is 261 g/mol. The molecule has 19 heavy (non-hydrogen) atoms. The van der Waals surface area contributed by atoms with Crippen molar-refractivity contribution in [2.24, 2.45) is 5.73 Å². The van der Waals surface area contributed by atoms with Crippen LogP contribution in [0.3, 0.4) is 0 Å². The quantitative estimate of drug-likeness (QED) is 0.906. The summed E-state index contributed by atoms with van der Waals surface area (Å²) >= 11 is 0. The van der Waals surface area contributed by atoms with Crippen molar-refractivity contribution in [3.63, 3.8) is 0 Å². The zero-order chi connectivity index (χ0) is 13.3. The van der Waals surface area contributed by atoms with Crippen molar-refractivity contribution in [3.05, 3.63) is 29.3 Å². The first kappa shape index (κ1) is 12.9. The highest BCUT2D eigenvalue weighted by Gasteiger charge is 2.35. The van der Waals surface area contributed by atoms with Crippen molar-refractivity contribution in [1.82, 2.24) is 0 Å².